The Hall–Kier alpha value is -2.68. The second kappa shape index (κ2) is 10.7. The number of pyridine rings is 1. The van der Waals surface area contributed by atoms with E-state index in [9.17, 15) is 18.0 Å². The number of hydrogen-bond donors (Lipinski definition) is 1. The minimum absolute atomic E-state index is 0.0647. The zero-order valence-corrected chi connectivity index (χ0v) is 19.9. The van der Waals surface area contributed by atoms with Crippen molar-refractivity contribution >= 4 is 11.6 Å². The molecular weight excluding hydrogens is 450 g/mol. The van der Waals surface area contributed by atoms with E-state index in [1.54, 1.807) is 6.07 Å². The largest absolute Gasteiger partial charge is 0.389 e. The second-order valence-electron chi connectivity index (χ2n) is 8.97. The molecule has 34 heavy (non-hydrogen) atoms. The van der Waals surface area contributed by atoms with E-state index < -0.39 is 24.3 Å². The predicted octanol–water partition coefficient (Wildman–Crippen LogP) is 5.47. The second-order valence-corrected chi connectivity index (χ2v) is 8.97. The summed E-state index contributed by atoms with van der Waals surface area (Å²) in [7, 11) is 0. The number of alkyl halides is 3. The van der Waals surface area contributed by atoms with E-state index in [1.165, 1.54) is 0 Å². The van der Waals surface area contributed by atoms with Crippen molar-refractivity contribution in [2.45, 2.75) is 71.9 Å². The Morgan fingerprint density at radius 1 is 1.15 bits per heavy atom. The maximum atomic E-state index is 15.9. The molecule has 1 N–H and O–H groups in total. The summed E-state index contributed by atoms with van der Waals surface area (Å²) in [5.74, 6) is -1.00. The highest BCUT2D eigenvalue weighted by atomic mass is 19.4. The molecule has 1 saturated heterocycles. The summed E-state index contributed by atoms with van der Waals surface area (Å²) in [6.45, 7) is 8.48. The fraction of sp³-hybridized carbons (Fsp3) is 0.520. The number of nitrogens with zero attached hydrogens (tertiary/aromatic N) is 2. The third kappa shape index (κ3) is 6.91. The molecule has 1 aliphatic heterocycles. The highest BCUT2D eigenvalue weighted by Crippen LogP contribution is 2.33. The van der Waals surface area contributed by atoms with Crippen molar-refractivity contribution in [3.05, 3.63) is 47.0 Å². The average Bonchev–Trinajstić information content (AvgIpc) is 2.70. The first-order valence-electron chi connectivity index (χ1n) is 11.4. The summed E-state index contributed by atoms with van der Waals surface area (Å²) in [5.41, 5.74) is 3.63. The number of amides is 1. The van der Waals surface area contributed by atoms with E-state index in [0.29, 0.717) is 29.9 Å². The Morgan fingerprint density at radius 2 is 1.76 bits per heavy atom. The van der Waals surface area contributed by atoms with Crippen LogP contribution in [-0.4, -0.2) is 42.4 Å². The zero-order valence-electron chi connectivity index (χ0n) is 19.9. The summed E-state index contributed by atoms with van der Waals surface area (Å²) in [4.78, 5) is 18.5. The van der Waals surface area contributed by atoms with Crippen LogP contribution in [0.2, 0.25) is 0 Å². The SMILES string of the molecule is Cc1cc(-c2ccc(N3C[C@@H](C)O[C@@H](C)C3)c(F)c2CNC(=O)CCCC(F)(F)F)cc(C)n1. The Morgan fingerprint density at radius 3 is 2.35 bits per heavy atom. The van der Waals surface area contributed by atoms with Gasteiger partial charge in [-0.2, -0.15) is 13.2 Å². The lowest BCUT2D eigenvalue weighted by Crippen LogP contribution is -2.46. The number of hydrogen-bond acceptors (Lipinski definition) is 4. The van der Waals surface area contributed by atoms with Crippen molar-refractivity contribution in [3.8, 4) is 11.1 Å². The van der Waals surface area contributed by atoms with Crippen molar-refractivity contribution in [2.75, 3.05) is 18.0 Å². The molecule has 0 aliphatic carbocycles. The van der Waals surface area contributed by atoms with Crippen LogP contribution >= 0.6 is 0 Å². The van der Waals surface area contributed by atoms with Gasteiger partial charge in [-0.05, 0) is 63.4 Å². The van der Waals surface area contributed by atoms with Gasteiger partial charge in [0.25, 0.3) is 0 Å². The minimum atomic E-state index is -4.31. The normalized spacial score (nSPS) is 18.8. The van der Waals surface area contributed by atoms with Crippen LogP contribution in [-0.2, 0) is 16.1 Å². The number of carbonyl (C=O) groups excluding carboxylic acids is 1. The number of aryl methyl sites for hydroxylation is 2. The van der Waals surface area contributed by atoms with Crippen LogP contribution in [0.25, 0.3) is 11.1 Å². The Bertz CT molecular complexity index is 996. The van der Waals surface area contributed by atoms with Gasteiger partial charge in [0, 0.05) is 49.4 Å². The number of halogens is 4. The molecule has 0 saturated carbocycles. The number of carbonyl (C=O) groups is 1. The molecule has 2 atom stereocenters. The molecule has 2 heterocycles. The Kier molecular flexibility index (Phi) is 8.17. The van der Waals surface area contributed by atoms with Crippen molar-refractivity contribution in [1.82, 2.24) is 10.3 Å². The standard InChI is InChI=1S/C25H31F4N3O2/c1-15-10-19(11-16(2)31-15)20-7-8-22(32-13-17(3)34-18(4)14-32)24(26)21(20)12-30-23(33)6-5-9-25(27,28)29/h7-8,10-11,17-18H,5-6,9,12-14H2,1-4H3,(H,30,33)/t17-,18+. The Balaban J connectivity index is 1.90. The molecule has 1 fully saturated rings. The third-order valence-electron chi connectivity index (χ3n) is 5.70. The van der Waals surface area contributed by atoms with Gasteiger partial charge in [0.1, 0.15) is 0 Å². The average molecular weight is 482 g/mol. The highest BCUT2D eigenvalue weighted by molar-refractivity contribution is 5.77. The summed E-state index contributed by atoms with van der Waals surface area (Å²) in [6.07, 6.45) is -6.05. The van der Waals surface area contributed by atoms with E-state index in [2.05, 4.69) is 10.3 Å². The number of aromatic nitrogens is 1. The molecule has 0 bridgehead atoms. The molecule has 1 aromatic carbocycles. The molecule has 0 radical (unpaired) electrons. The molecular formula is C25H31F4N3O2. The lowest BCUT2D eigenvalue weighted by Gasteiger charge is -2.37. The molecule has 1 amide bonds. The molecule has 2 aromatic rings. The van der Waals surface area contributed by atoms with Gasteiger partial charge in [-0.3, -0.25) is 9.78 Å². The highest BCUT2D eigenvalue weighted by Gasteiger charge is 2.28. The van der Waals surface area contributed by atoms with E-state index in [1.807, 2.05) is 50.8 Å². The summed E-state index contributed by atoms with van der Waals surface area (Å²) in [5, 5.41) is 2.61. The number of benzene rings is 1. The molecule has 9 heteroatoms. The third-order valence-corrected chi connectivity index (χ3v) is 5.70. The fourth-order valence-electron chi connectivity index (χ4n) is 4.39. The maximum absolute atomic E-state index is 15.9. The fourth-order valence-corrected chi connectivity index (χ4v) is 4.39. The van der Waals surface area contributed by atoms with Gasteiger partial charge in [0.2, 0.25) is 5.91 Å². The maximum Gasteiger partial charge on any atom is 0.389 e. The van der Waals surface area contributed by atoms with Crippen molar-refractivity contribution in [2.24, 2.45) is 0 Å². The van der Waals surface area contributed by atoms with Crippen molar-refractivity contribution in [1.29, 1.82) is 0 Å². The monoisotopic (exact) mass is 481 g/mol. The van der Waals surface area contributed by atoms with E-state index in [-0.39, 0.29) is 31.6 Å². The van der Waals surface area contributed by atoms with E-state index in [0.717, 1.165) is 17.0 Å². The van der Waals surface area contributed by atoms with Gasteiger partial charge >= 0.3 is 6.18 Å². The first-order chi connectivity index (χ1) is 15.9. The van der Waals surface area contributed by atoms with Gasteiger partial charge in [0.15, 0.2) is 5.82 Å². The predicted molar refractivity (Wildman–Crippen MR) is 123 cm³/mol. The topological polar surface area (TPSA) is 54.5 Å². The van der Waals surface area contributed by atoms with Crippen LogP contribution in [0, 0.1) is 19.7 Å². The van der Waals surface area contributed by atoms with Crippen LogP contribution in [0.5, 0.6) is 0 Å². The smallest absolute Gasteiger partial charge is 0.372 e. The minimum Gasteiger partial charge on any atom is -0.372 e. The number of ether oxygens (including phenoxy) is 1. The number of morpholine rings is 1. The van der Waals surface area contributed by atoms with Gasteiger partial charge in [0.05, 0.1) is 17.9 Å². The van der Waals surface area contributed by atoms with E-state index >= 15 is 4.39 Å². The van der Waals surface area contributed by atoms with Gasteiger partial charge in [-0.1, -0.05) is 6.07 Å². The van der Waals surface area contributed by atoms with Gasteiger partial charge in [-0.25, -0.2) is 4.39 Å². The van der Waals surface area contributed by atoms with Crippen molar-refractivity contribution < 1.29 is 27.1 Å². The molecule has 1 aromatic heterocycles. The number of nitrogens with one attached hydrogen (secondary N) is 1. The summed E-state index contributed by atoms with van der Waals surface area (Å²) < 4.78 is 58.9. The first-order valence-corrected chi connectivity index (χ1v) is 11.4. The van der Waals surface area contributed by atoms with E-state index in [4.69, 9.17) is 4.74 Å². The summed E-state index contributed by atoms with van der Waals surface area (Å²) >= 11 is 0. The number of rotatable bonds is 7. The molecule has 0 unspecified atom stereocenters. The van der Waals surface area contributed by atoms with Gasteiger partial charge < -0.3 is 15.0 Å². The molecule has 3 rings (SSSR count). The molecule has 5 nitrogen and oxygen atoms in total. The van der Waals surface area contributed by atoms with Crippen LogP contribution in [0.3, 0.4) is 0 Å². The number of anilines is 1. The molecule has 1 aliphatic rings. The first kappa shape index (κ1) is 25.9. The van der Waals surface area contributed by atoms with Gasteiger partial charge in [-0.15, -0.1) is 0 Å². The van der Waals surface area contributed by atoms with Crippen LogP contribution < -0.4 is 10.2 Å². The molecule has 0 spiro atoms. The van der Waals surface area contributed by atoms with Crippen LogP contribution in [0.15, 0.2) is 24.3 Å². The van der Waals surface area contributed by atoms with Crippen LogP contribution in [0.1, 0.15) is 50.1 Å². The van der Waals surface area contributed by atoms with Crippen molar-refractivity contribution in [3.63, 3.8) is 0 Å². The Labute approximate surface area is 197 Å². The molecule has 186 valence electrons. The lowest BCUT2D eigenvalue weighted by molar-refractivity contribution is -0.137. The summed E-state index contributed by atoms with van der Waals surface area (Å²) in [6, 6.07) is 7.24. The quantitative estimate of drug-likeness (QED) is 0.533. The lowest BCUT2D eigenvalue weighted by atomic mass is 9.97. The van der Waals surface area contributed by atoms with Crippen LogP contribution in [0.4, 0.5) is 23.2 Å². The zero-order chi connectivity index (χ0) is 25.0.